The third kappa shape index (κ3) is 4.53. The number of nitrogens with zero attached hydrogens (tertiary/aromatic N) is 2. The van der Waals surface area contributed by atoms with Gasteiger partial charge >= 0.3 is 0 Å². The number of halogens is 1. The molecule has 0 amide bonds. The van der Waals surface area contributed by atoms with Gasteiger partial charge in [-0.1, -0.05) is 6.92 Å². The van der Waals surface area contributed by atoms with Crippen molar-refractivity contribution in [2.75, 3.05) is 25.0 Å². The second-order valence-corrected chi connectivity index (χ2v) is 5.08. The van der Waals surface area contributed by atoms with Gasteiger partial charge in [0.25, 0.3) is 0 Å². The predicted molar refractivity (Wildman–Crippen MR) is 85.0 cm³/mol. The van der Waals surface area contributed by atoms with E-state index in [0.717, 1.165) is 30.8 Å². The predicted octanol–water partition coefficient (Wildman–Crippen LogP) is 3.01. The standard InChI is InChI=1S/C17H22FN3/c1-3-19-13-15-12-16(18)4-5-17(15)21(2)11-8-14-6-9-20-10-7-14/h4-7,9-10,12,19H,3,8,11,13H2,1-2H3. The average Bonchev–Trinajstić information content (AvgIpc) is 2.51. The third-order valence-electron chi connectivity index (χ3n) is 3.50. The van der Waals surface area contributed by atoms with Crippen LogP contribution in [0, 0.1) is 5.82 Å². The van der Waals surface area contributed by atoms with E-state index in [2.05, 4.69) is 15.2 Å². The minimum atomic E-state index is -0.186. The molecule has 0 saturated heterocycles. The number of likely N-dealkylation sites (N-methyl/N-ethyl adjacent to an activating group) is 1. The highest BCUT2D eigenvalue weighted by Gasteiger charge is 2.08. The Labute approximate surface area is 125 Å². The fourth-order valence-electron chi connectivity index (χ4n) is 2.29. The minimum Gasteiger partial charge on any atom is -0.374 e. The van der Waals surface area contributed by atoms with Gasteiger partial charge in [0.2, 0.25) is 0 Å². The second-order valence-electron chi connectivity index (χ2n) is 5.08. The number of anilines is 1. The number of nitrogens with one attached hydrogen (secondary N) is 1. The summed E-state index contributed by atoms with van der Waals surface area (Å²) in [4.78, 5) is 6.20. The maximum atomic E-state index is 13.4. The Kier molecular flexibility index (Phi) is 5.69. The zero-order valence-corrected chi connectivity index (χ0v) is 12.6. The summed E-state index contributed by atoms with van der Waals surface area (Å²) >= 11 is 0. The Morgan fingerprint density at radius 3 is 2.67 bits per heavy atom. The summed E-state index contributed by atoms with van der Waals surface area (Å²) in [5.41, 5.74) is 3.33. The number of rotatable bonds is 7. The fourth-order valence-corrected chi connectivity index (χ4v) is 2.29. The van der Waals surface area contributed by atoms with Crippen molar-refractivity contribution in [2.24, 2.45) is 0 Å². The summed E-state index contributed by atoms with van der Waals surface area (Å²) < 4.78 is 13.4. The summed E-state index contributed by atoms with van der Waals surface area (Å²) in [6.45, 7) is 4.49. The molecule has 3 nitrogen and oxygen atoms in total. The molecule has 112 valence electrons. The molecule has 2 rings (SSSR count). The van der Waals surface area contributed by atoms with Gasteiger partial charge in [-0.2, -0.15) is 0 Å². The van der Waals surface area contributed by atoms with Gasteiger partial charge in [0, 0.05) is 38.2 Å². The van der Waals surface area contributed by atoms with Crippen LogP contribution >= 0.6 is 0 Å². The summed E-state index contributed by atoms with van der Waals surface area (Å²) in [5, 5.41) is 3.26. The van der Waals surface area contributed by atoms with Crippen molar-refractivity contribution < 1.29 is 4.39 Å². The van der Waals surface area contributed by atoms with Crippen LogP contribution in [-0.2, 0) is 13.0 Å². The molecule has 1 aromatic heterocycles. The van der Waals surface area contributed by atoms with E-state index in [9.17, 15) is 4.39 Å². The molecule has 0 atom stereocenters. The number of hydrogen-bond donors (Lipinski definition) is 1. The van der Waals surface area contributed by atoms with Crippen LogP contribution in [0.1, 0.15) is 18.1 Å². The molecule has 0 radical (unpaired) electrons. The van der Waals surface area contributed by atoms with Gasteiger partial charge in [-0.15, -0.1) is 0 Å². The first kappa shape index (κ1) is 15.4. The van der Waals surface area contributed by atoms with E-state index in [1.54, 1.807) is 6.07 Å². The van der Waals surface area contributed by atoms with Crippen LogP contribution in [0.3, 0.4) is 0 Å². The van der Waals surface area contributed by atoms with Crippen LogP contribution in [0.4, 0.5) is 10.1 Å². The Morgan fingerprint density at radius 2 is 1.95 bits per heavy atom. The van der Waals surface area contributed by atoms with Crippen molar-refractivity contribution in [3.8, 4) is 0 Å². The lowest BCUT2D eigenvalue weighted by Gasteiger charge is -2.23. The van der Waals surface area contributed by atoms with E-state index in [4.69, 9.17) is 0 Å². The fraction of sp³-hybridized carbons (Fsp3) is 0.353. The monoisotopic (exact) mass is 287 g/mol. The topological polar surface area (TPSA) is 28.2 Å². The van der Waals surface area contributed by atoms with Crippen molar-refractivity contribution in [3.05, 3.63) is 59.7 Å². The number of aromatic nitrogens is 1. The Bertz CT molecular complexity index is 557. The Hall–Kier alpha value is -1.94. The van der Waals surface area contributed by atoms with E-state index < -0.39 is 0 Å². The molecule has 1 heterocycles. The van der Waals surface area contributed by atoms with Crippen molar-refractivity contribution >= 4 is 5.69 Å². The quantitative estimate of drug-likeness (QED) is 0.848. The molecule has 4 heteroatoms. The summed E-state index contributed by atoms with van der Waals surface area (Å²) in [6.07, 6.45) is 4.56. The lowest BCUT2D eigenvalue weighted by molar-refractivity contribution is 0.621. The van der Waals surface area contributed by atoms with Gasteiger partial charge in [-0.05, 0) is 54.4 Å². The molecule has 0 aliphatic heterocycles. The maximum Gasteiger partial charge on any atom is 0.123 e. The smallest absolute Gasteiger partial charge is 0.123 e. The van der Waals surface area contributed by atoms with Crippen LogP contribution in [0.5, 0.6) is 0 Å². The molecule has 1 N–H and O–H groups in total. The Morgan fingerprint density at radius 1 is 1.19 bits per heavy atom. The SMILES string of the molecule is CCNCc1cc(F)ccc1N(C)CCc1ccncc1. The van der Waals surface area contributed by atoms with E-state index in [1.807, 2.05) is 44.6 Å². The van der Waals surface area contributed by atoms with Crippen LogP contribution in [-0.4, -0.2) is 25.1 Å². The maximum absolute atomic E-state index is 13.4. The lowest BCUT2D eigenvalue weighted by atomic mass is 10.1. The molecule has 0 fully saturated rings. The van der Waals surface area contributed by atoms with Gasteiger partial charge in [0.05, 0.1) is 0 Å². The van der Waals surface area contributed by atoms with Crippen molar-refractivity contribution in [2.45, 2.75) is 19.9 Å². The van der Waals surface area contributed by atoms with Crippen LogP contribution in [0.15, 0.2) is 42.7 Å². The van der Waals surface area contributed by atoms with Gasteiger partial charge < -0.3 is 10.2 Å². The number of pyridine rings is 1. The normalized spacial score (nSPS) is 10.6. The summed E-state index contributed by atoms with van der Waals surface area (Å²) in [5.74, 6) is -0.186. The van der Waals surface area contributed by atoms with E-state index in [0.29, 0.717) is 6.54 Å². The molecule has 21 heavy (non-hydrogen) atoms. The molecule has 0 aliphatic rings. The van der Waals surface area contributed by atoms with E-state index in [1.165, 1.54) is 11.6 Å². The first-order valence-corrected chi connectivity index (χ1v) is 7.30. The zero-order chi connectivity index (χ0) is 15.1. The summed E-state index contributed by atoms with van der Waals surface area (Å²) in [7, 11) is 2.05. The molecule has 0 unspecified atom stereocenters. The first-order valence-electron chi connectivity index (χ1n) is 7.30. The van der Waals surface area contributed by atoms with Gasteiger partial charge in [-0.3, -0.25) is 4.98 Å². The molecule has 0 saturated carbocycles. The molecule has 1 aromatic carbocycles. The van der Waals surface area contributed by atoms with Crippen LogP contribution in [0.25, 0.3) is 0 Å². The highest BCUT2D eigenvalue weighted by atomic mass is 19.1. The average molecular weight is 287 g/mol. The van der Waals surface area contributed by atoms with Crippen molar-refractivity contribution in [1.29, 1.82) is 0 Å². The largest absolute Gasteiger partial charge is 0.374 e. The zero-order valence-electron chi connectivity index (χ0n) is 12.6. The number of benzene rings is 1. The Balaban J connectivity index is 2.05. The van der Waals surface area contributed by atoms with Gasteiger partial charge in [0.1, 0.15) is 5.82 Å². The second kappa shape index (κ2) is 7.74. The lowest BCUT2D eigenvalue weighted by Crippen LogP contribution is -2.23. The highest BCUT2D eigenvalue weighted by Crippen LogP contribution is 2.21. The molecule has 2 aromatic rings. The molecular formula is C17H22FN3. The van der Waals surface area contributed by atoms with E-state index in [-0.39, 0.29) is 5.82 Å². The van der Waals surface area contributed by atoms with E-state index >= 15 is 0 Å². The number of hydrogen-bond acceptors (Lipinski definition) is 3. The molecule has 0 bridgehead atoms. The molecule has 0 aliphatic carbocycles. The highest BCUT2D eigenvalue weighted by molar-refractivity contribution is 5.53. The first-order chi connectivity index (χ1) is 10.2. The van der Waals surface area contributed by atoms with Gasteiger partial charge in [0.15, 0.2) is 0 Å². The third-order valence-corrected chi connectivity index (χ3v) is 3.50. The van der Waals surface area contributed by atoms with Crippen molar-refractivity contribution in [1.82, 2.24) is 10.3 Å². The van der Waals surface area contributed by atoms with Gasteiger partial charge in [-0.25, -0.2) is 4.39 Å². The molecule has 0 spiro atoms. The van der Waals surface area contributed by atoms with Crippen LogP contribution in [0.2, 0.25) is 0 Å². The molecular weight excluding hydrogens is 265 g/mol. The van der Waals surface area contributed by atoms with Crippen molar-refractivity contribution in [3.63, 3.8) is 0 Å². The van der Waals surface area contributed by atoms with Crippen LogP contribution < -0.4 is 10.2 Å². The summed E-state index contributed by atoms with van der Waals surface area (Å²) in [6, 6.07) is 9.04. The minimum absolute atomic E-state index is 0.186.